The molecule has 0 spiro atoms. The summed E-state index contributed by atoms with van der Waals surface area (Å²) >= 11 is 0. The maximum Gasteiger partial charge on any atom is 0.260 e. The van der Waals surface area contributed by atoms with Crippen molar-refractivity contribution in [2.24, 2.45) is 7.05 Å². The van der Waals surface area contributed by atoms with E-state index in [9.17, 15) is 13.2 Å². The summed E-state index contributed by atoms with van der Waals surface area (Å²) in [5, 5.41) is 2.87. The summed E-state index contributed by atoms with van der Waals surface area (Å²) in [7, 11) is -2.08. The first kappa shape index (κ1) is 20.5. The normalized spacial score (nSPS) is 18.1. The van der Waals surface area contributed by atoms with E-state index in [0.29, 0.717) is 5.82 Å². The van der Waals surface area contributed by atoms with Crippen LogP contribution in [0.5, 0.6) is 0 Å². The number of likely N-dealkylation sites (tertiary alicyclic amines) is 1. The van der Waals surface area contributed by atoms with E-state index in [-0.39, 0.29) is 23.5 Å². The van der Waals surface area contributed by atoms with Crippen LogP contribution in [0, 0.1) is 6.92 Å². The molecule has 1 saturated heterocycles. The Kier molecular flexibility index (Phi) is 6.48. The van der Waals surface area contributed by atoms with Crippen molar-refractivity contribution in [2.45, 2.75) is 37.4 Å². The van der Waals surface area contributed by atoms with Gasteiger partial charge in [-0.15, -0.1) is 0 Å². The summed E-state index contributed by atoms with van der Waals surface area (Å²) in [5.41, 5.74) is 1.24. The summed E-state index contributed by atoms with van der Waals surface area (Å²) in [5.74, 6) is 0.258. The van der Waals surface area contributed by atoms with Crippen LogP contribution in [0.15, 0.2) is 41.6 Å². The van der Waals surface area contributed by atoms with E-state index in [1.807, 2.05) is 18.2 Å². The Bertz CT molecular complexity index is 891. The summed E-state index contributed by atoms with van der Waals surface area (Å²) in [6.07, 6.45) is 3.32. The Morgan fingerprint density at radius 3 is 2.71 bits per heavy atom. The van der Waals surface area contributed by atoms with E-state index in [1.165, 1.54) is 11.8 Å². The standard InChI is InChI=1S/C19H27N5O3S/c1-15-21-19(14-23(15)2)28(26,27)20-11-18(25)22-17-9-6-10-24(13-17)12-16-7-4-3-5-8-16/h3-5,7-8,14,17,20H,6,9-13H2,1-2H3,(H,22,25)/t17-/m0/s1. The summed E-state index contributed by atoms with van der Waals surface area (Å²) in [6.45, 7) is 4.02. The molecule has 0 aliphatic carbocycles. The van der Waals surface area contributed by atoms with Crippen LogP contribution < -0.4 is 10.0 Å². The van der Waals surface area contributed by atoms with Gasteiger partial charge in [-0.05, 0) is 31.9 Å². The van der Waals surface area contributed by atoms with Crippen LogP contribution in [0.4, 0.5) is 0 Å². The molecule has 152 valence electrons. The number of benzene rings is 1. The van der Waals surface area contributed by atoms with Crippen LogP contribution in [0.1, 0.15) is 24.2 Å². The zero-order chi connectivity index (χ0) is 20.1. The molecule has 1 atom stereocenters. The van der Waals surface area contributed by atoms with Crippen molar-refractivity contribution in [1.82, 2.24) is 24.5 Å². The van der Waals surface area contributed by atoms with Gasteiger partial charge in [0, 0.05) is 32.4 Å². The van der Waals surface area contributed by atoms with Gasteiger partial charge in [0.05, 0.1) is 6.54 Å². The van der Waals surface area contributed by atoms with Gasteiger partial charge in [0.15, 0.2) is 5.03 Å². The van der Waals surface area contributed by atoms with Gasteiger partial charge in [0.1, 0.15) is 5.82 Å². The van der Waals surface area contributed by atoms with Crippen molar-refractivity contribution >= 4 is 15.9 Å². The maximum atomic E-state index is 12.3. The molecule has 3 rings (SSSR count). The summed E-state index contributed by atoms with van der Waals surface area (Å²) in [4.78, 5) is 18.6. The summed E-state index contributed by atoms with van der Waals surface area (Å²) < 4.78 is 28.5. The SMILES string of the molecule is Cc1nc(S(=O)(=O)NCC(=O)N[C@H]2CCCN(Cc3ccccc3)C2)cn1C. The lowest BCUT2D eigenvalue weighted by Crippen LogP contribution is -2.49. The van der Waals surface area contributed by atoms with E-state index in [2.05, 4.69) is 32.1 Å². The molecular weight excluding hydrogens is 378 g/mol. The fourth-order valence-electron chi connectivity index (χ4n) is 3.33. The van der Waals surface area contributed by atoms with Gasteiger partial charge >= 0.3 is 0 Å². The highest BCUT2D eigenvalue weighted by molar-refractivity contribution is 7.89. The van der Waals surface area contributed by atoms with Gasteiger partial charge in [0.25, 0.3) is 10.0 Å². The Hall–Kier alpha value is -2.23. The molecule has 0 unspecified atom stereocenters. The van der Waals surface area contributed by atoms with Crippen LogP contribution >= 0.6 is 0 Å². The van der Waals surface area contributed by atoms with Crippen molar-refractivity contribution < 1.29 is 13.2 Å². The number of carbonyl (C=O) groups is 1. The molecule has 9 heteroatoms. The number of aryl methyl sites for hydroxylation is 2. The van der Waals surface area contributed by atoms with Crippen molar-refractivity contribution in [1.29, 1.82) is 0 Å². The minimum absolute atomic E-state index is 0.0200. The van der Waals surface area contributed by atoms with Gasteiger partial charge < -0.3 is 9.88 Å². The van der Waals surface area contributed by atoms with Crippen LogP contribution in [0.2, 0.25) is 0 Å². The van der Waals surface area contributed by atoms with Crippen LogP contribution in [-0.2, 0) is 28.4 Å². The summed E-state index contributed by atoms with van der Waals surface area (Å²) in [6, 6.07) is 10.2. The number of hydrogen-bond acceptors (Lipinski definition) is 5. The van der Waals surface area contributed by atoms with Gasteiger partial charge in [0.2, 0.25) is 5.91 Å². The van der Waals surface area contributed by atoms with Gasteiger partial charge in [-0.1, -0.05) is 30.3 Å². The molecule has 1 aliphatic rings. The number of sulfonamides is 1. The Labute approximate surface area is 166 Å². The lowest BCUT2D eigenvalue weighted by atomic mass is 10.0. The second kappa shape index (κ2) is 8.85. The number of imidazole rings is 1. The predicted molar refractivity (Wildman–Crippen MR) is 106 cm³/mol. The van der Waals surface area contributed by atoms with E-state index in [1.54, 1.807) is 18.5 Å². The molecule has 1 fully saturated rings. The number of amides is 1. The number of piperidine rings is 1. The Morgan fingerprint density at radius 1 is 1.29 bits per heavy atom. The zero-order valence-corrected chi connectivity index (χ0v) is 17.1. The molecule has 28 heavy (non-hydrogen) atoms. The predicted octanol–water partition coefficient (Wildman–Crippen LogP) is 0.788. The quantitative estimate of drug-likeness (QED) is 0.710. The number of hydrogen-bond donors (Lipinski definition) is 2. The van der Waals surface area contributed by atoms with Gasteiger partial charge in [-0.2, -0.15) is 0 Å². The second-order valence-electron chi connectivity index (χ2n) is 7.19. The Balaban J connectivity index is 1.49. The van der Waals surface area contributed by atoms with Crippen molar-refractivity contribution in [3.63, 3.8) is 0 Å². The smallest absolute Gasteiger partial charge is 0.260 e. The van der Waals surface area contributed by atoms with E-state index >= 15 is 0 Å². The lowest BCUT2D eigenvalue weighted by molar-refractivity contribution is -0.121. The molecule has 2 N–H and O–H groups in total. The monoisotopic (exact) mass is 405 g/mol. The molecule has 0 saturated carbocycles. The molecule has 2 aromatic rings. The minimum Gasteiger partial charge on any atom is -0.351 e. The van der Waals surface area contributed by atoms with Crippen molar-refractivity contribution in [2.75, 3.05) is 19.6 Å². The lowest BCUT2D eigenvalue weighted by Gasteiger charge is -2.33. The third kappa shape index (κ3) is 5.40. The molecule has 0 bridgehead atoms. The highest BCUT2D eigenvalue weighted by Gasteiger charge is 2.23. The zero-order valence-electron chi connectivity index (χ0n) is 16.3. The number of aromatic nitrogens is 2. The van der Waals surface area contributed by atoms with Gasteiger partial charge in [-0.25, -0.2) is 18.1 Å². The molecule has 1 aromatic carbocycles. The first-order chi connectivity index (χ1) is 13.3. The first-order valence-electron chi connectivity index (χ1n) is 9.39. The highest BCUT2D eigenvalue weighted by Crippen LogP contribution is 2.14. The number of rotatable bonds is 7. The molecule has 8 nitrogen and oxygen atoms in total. The van der Waals surface area contributed by atoms with Crippen LogP contribution in [0.25, 0.3) is 0 Å². The average molecular weight is 406 g/mol. The van der Waals surface area contributed by atoms with Crippen LogP contribution in [0.3, 0.4) is 0 Å². The number of nitrogens with one attached hydrogen (secondary N) is 2. The maximum absolute atomic E-state index is 12.3. The second-order valence-corrected chi connectivity index (χ2v) is 8.90. The van der Waals surface area contributed by atoms with Gasteiger partial charge in [-0.3, -0.25) is 9.69 Å². The van der Waals surface area contributed by atoms with Crippen LogP contribution in [-0.4, -0.2) is 54.5 Å². The first-order valence-corrected chi connectivity index (χ1v) is 10.9. The molecule has 1 aromatic heterocycles. The van der Waals surface area contributed by atoms with E-state index in [4.69, 9.17) is 0 Å². The van der Waals surface area contributed by atoms with Crippen molar-refractivity contribution in [3.05, 3.63) is 47.9 Å². The average Bonchev–Trinajstić information content (AvgIpc) is 3.01. The van der Waals surface area contributed by atoms with E-state index < -0.39 is 10.0 Å². The molecule has 1 amide bonds. The number of carbonyl (C=O) groups excluding carboxylic acids is 1. The topological polar surface area (TPSA) is 96.3 Å². The fourth-order valence-corrected chi connectivity index (χ4v) is 4.35. The fraction of sp³-hybridized carbons (Fsp3) is 0.474. The third-order valence-electron chi connectivity index (χ3n) is 4.90. The number of nitrogens with zero attached hydrogens (tertiary/aromatic N) is 3. The molecule has 1 aliphatic heterocycles. The highest BCUT2D eigenvalue weighted by atomic mass is 32.2. The molecule has 2 heterocycles. The molecule has 0 radical (unpaired) electrons. The molecular formula is C19H27N5O3S. The largest absolute Gasteiger partial charge is 0.351 e. The third-order valence-corrected chi connectivity index (χ3v) is 6.18. The van der Waals surface area contributed by atoms with E-state index in [0.717, 1.165) is 32.5 Å². The minimum atomic E-state index is -3.80. The Morgan fingerprint density at radius 2 is 2.04 bits per heavy atom. The van der Waals surface area contributed by atoms with Crippen molar-refractivity contribution in [3.8, 4) is 0 Å².